The van der Waals surface area contributed by atoms with Gasteiger partial charge >= 0.3 is 12.3 Å². The van der Waals surface area contributed by atoms with E-state index in [1.54, 1.807) is 24.3 Å². The Kier molecular flexibility index (Phi) is 5.05. The molecule has 0 unspecified atom stereocenters. The Labute approximate surface area is 154 Å². The molecular formula is C15H11ClF3N3O3S. The summed E-state index contributed by atoms with van der Waals surface area (Å²) in [6, 6.07) is 5.29. The molecule has 0 bridgehead atoms. The number of cyclic esters (lactones) is 1. The van der Waals surface area contributed by atoms with Crippen LogP contribution in [-0.2, 0) is 15.7 Å². The smallest absolute Gasteiger partial charge is 0.434 e. The number of thiazole rings is 1. The van der Waals surface area contributed by atoms with E-state index in [1.807, 2.05) is 0 Å². The van der Waals surface area contributed by atoms with Gasteiger partial charge in [-0.05, 0) is 17.7 Å². The highest BCUT2D eigenvalue weighted by molar-refractivity contribution is 7.09. The summed E-state index contributed by atoms with van der Waals surface area (Å²) in [4.78, 5) is 27.0. The largest absolute Gasteiger partial charge is 0.434 e. The third kappa shape index (κ3) is 4.07. The first-order valence-electron chi connectivity index (χ1n) is 7.27. The second-order valence-corrected chi connectivity index (χ2v) is 6.66. The van der Waals surface area contributed by atoms with Crippen molar-refractivity contribution in [3.05, 3.63) is 50.9 Å². The molecule has 1 aliphatic heterocycles. The highest BCUT2D eigenvalue weighted by atomic mass is 35.5. The number of benzene rings is 1. The molecule has 1 aromatic heterocycles. The van der Waals surface area contributed by atoms with Crippen LogP contribution in [0.15, 0.2) is 29.6 Å². The fourth-order valence-electron chi connectivity index (χ4n) is 2.26. The average Bonchev–Trinajstić information content (AvgIpc) is 3.22. The Morgan fingerprint density at radius 3 is 2.62 bits per heavy atom. The van der Waals surface area contributed by atoms with Crippen LogP contribution in [0.2, 0.25) is 5.02 Å². The second-order valence-electron chi connectivity index (χ2n) is 5.34. The molecule has 0 spiro atoms. The third-order valence-electron chi connectivity index (χ3n) is 3.52. The Balaban J connectivity index is 1.89. The maximum absolute atomic E-state index is 12.8. The molecule has 2 amide bonds. The summed E-state index contributed by atoms with van der Waals surface area (Å²) in [5.41, 5.74) is -0.553. The SMILES string of the molecule is O=C1NC[C@@H](C(=O)N[C@@H](c2ccc(Cl)cc2)c2nc(C(F)(F)F)cs2)O1. The van der Waals surface area contributed by atoms with Crippen LogP contribution < -0.4 is 10.6 Å². The van der Waals surface area contributed by atoms with Crippen molar-refractivity contribution < 1.29 is 27.5 Å². The predicted octanol–water partition coefficient (Wildman–Crippen LogP) is 3.13. The number of aromatic nitrogens is 1. The molecule has 0 aliphatic carbocycles. The number of halogens is 4. The Morgan fingerprint density at radius 1 is 1.38 bits per heavy atom. The fraction of sp³-hybridized carbons (Fsp3) is 0.267. The molecule has 1 aromatic carbocycles. The zero-order valence-corrected chi connectivity index (χ0v) is 14.4. The van der Waals surface area contributed by atoms with Gasteiger partial charge in [0.05, 0.1) is 6.54 Å². The van der Waals surface area contributed by atoms with E-state index in [-0.39, 0.29) is 11.6 Å². The summed E-state index contributed by atoms with van der Waals surface area (Å²) in [6.45, 7) is -0.0241. The quantitative estimate of drug-likeness (QED) is 0.819. The van der Waals surface area contributed by atoms with Crippen molar-refractivity contribution in [2.45, 2.75) is 18.3 Å². The van der Waals surface area contributed by atoms with Crippen molar-refractivity contribution >= 4 is 34.9 Å². The maximum Gasteiger partial charge on any atom is 0.434 e. The summed E-state index contributed by atoms with van der Waals surface area (Å²) in [6.07, 6.45) is -6.39. The lowest BCUT2D eigenvalue weighted by Gasteiger charge is -2.19. The number of amides is 2. The number of hydrogen-bond donors (Lipinski definition) is 2. The van der Waals surface area contributed by atoms with Crippen molar-refractivity contribution in [3.63, 3.8) is 0 Å². The van der Waals surface area contributed by atoms with Crippen LogP contribution in [0.3, 0.4) is 0 Å². The fourth-order valence-corrected chi connectivity index (χ4v) is 3.29. The molecule has 11 heteroatoms. The van der Waals surface area contributed by atoms with Gasteiger partial charge in [0, 0.05) is 10.4 Å². The lowest BCUT2D eigenvalue weighted by molar-refractivity contribution is -0.140. The standard InChI is InChI=1S/C15H11ClF3N3O3S/c16-8-3-1-7(2-4-8)11(13-21-10(6-26-13)15(17,18)19)22-12(23)9-5-20-14(24)25-9/h1-4,6,9,11H,5H2,(H,20,24)(H,22,23)/t9-,11-/m0/s1. The second kappa shape index (κ2) is 7.12. The minimum Gasteiger partial charge on any atom is -0.434 e. The zero-order chi connectivity index (χ0) is 18.9. The maximum atomic E-state index is 12.8. The van der Waals surface area contributed by atoms with Crippen LogP contribution in [0.1, 0.15) is 22.3 Å². The van der Waals surface area contributed by atoms with E-state index in [2.05, 4.69) is 15.6 Å². The third-order valence-corrected chi connectivity index (χ3v) is 4.68. The van der Waals surface area contributed by atoms with Gasteiger partial charge in [0.15, 0.2) is 11.8 Å². The number of nitrogens with zero attached hydrogens (tertiary/aromatic N) is 1. The summed E-state index contributed by atoms with van der Waals surface area (Å²) in [5, 5.41) is 6.27. The Bertz CT molecular complexity index is 826. The van der Waals surface area contributed by atoms with Crippen LogP contribution in [0.25, 0.3) is 0 Å². The van der Waals surface area contributed by atoms with Gasteiger partial charge in [0.25, 0.3) is 5.91 Å². The Hall–Kier alpha value is -2.33. The van der Waals surface area contributed by atoms with Gasteiger partial charge < -0.3 is 15.4 Å². The van der Waals surface area contributed by atoms with E-state index in [1.165, 1.54) is 0 Å². The number of carbonyl (C=O) groups is 2. The molecule has 26 heavy (non-hydrogen) atoms. The van der Waals surface area contributed by atoms with E-state index in [4.69, 9.17) is 16.3 Å². The van der Waals surface area contributed by atoms with Crippen LogP contribution in [0.4, 0.5) is 18.0 Å². The molecule has 2 heterocycles. The van der Waals surface area contributed by atoms with E-state index in [9.17, 15) is 22.8 Å². The van der Waals surface area contributed by atoms with Crippen molar-refractivity contribution in [1.82, 2.24) is 15.6 Å². The number of rotatable bonds is 4. The molecule has 1 saturated heterocycles. The first-order valence-corrected chi connectivity index (χ1v) is 8.53. The van der Waals surface area contributed by atoms with E-state index in [0.29, 0.717) is 10.6 Å². The van der Waals surface area contributed by atoms with Crippen LogP contribution in [0, 0.1) is 0 Å². The van der Waals surface area contributed by atoms with Gasteiger partial charge in [0.2, 0.25) is 0 Å². The van der Waals surface area contributed by atoms with Gasteiger partial charge in [-0.25, -0.2) is 9.78 Å². The van der Waals surface area contributed by atoms with Crippen LogP contribution in [-0.4, -0.2) is 29.6 Å². The van der Waals surface area contributed by atoms with Gasteiger partial charge in [-0.15, -0.1) is 11.3 Å². The van der Waals surface area contributed by atoms with E-state index < -0.39 is 36.0 Å². The van der Waals surface area contributed by atoms with Crippen molar-refractivity contribution in [2.24, 2.45) is 0 Å². The number of nitrogens with one attached hydrogen (secondary N) is 2. The molecule has 6 nitrogen and oxygen atoms in total. The highest BCUT2D eigenvalue weighted by Crippen LogP contribution is 2.33. The molecule has 0 radical (unpaired) electrons. The molecule has 2 aromatic rings. The minimum atomic E-state index is -4.59. The number of alkyl halides is 3. The number of carbonyl (C=O) groups excluding carboxylic acids is 2. The monoisotopic (exact) mass is 405 g/mol. The van der Waals surface area contributed by atoms with E-state index >= 15 is 0 Å². The molecule has 1 fully saturated rings. The number of alkyl carbamates (subject to hydrolysis) is 1. The lowest BCUT2D eigenvalue weighted by atomic mass is 10.1. The lowest BCUT2D eigenvalue weighted by Crippen LogP contribution is -2.39. The number of ether oxygens (including phenoxy) is 1. The summed E-state index contributed by atoms with van der Waals surface area (Å²) >= 11 is 6.60. The molecule has 2 atom stereocenters. The predicted molar refractivity (Wildman–Crippen MR) is 86.8 cm³/mol. The molecule has 0 saturated carbocycles. The molecule has 2 N–H and O–H groups in total. The van der Waals surface area contributed by atoms with Gasteiger partial charge in [0.1, 0.15) is 11.0 Å². The topological polar surface area (TPSA) is 80.3 Å². The van der Waals surface area contributed by atoms with Crippen molar-refractivity contribution in [1.29, 1.82) is 0 Å². The number of hydrogen-bond acceptors (Lipinski definition) is 5. The van der Waals surface area contributed by atoms with E-state index in [0.717, 1.165) is 16.7 Å². The molecule has 3 rings (SSSR count). The summed E-state index contributed by atoms with van der Waals surface area (Å²) < 4.78 is 43.3. The zero-order valence-electron chi connectivity index (χ0n) is 12.8. The summed E-state index contributed by atoms with van der Waals surface area (Å²) in [5.74, 6) is -0.646. The average molecular weight is 406 g/mol. The van der Waals surface area contributed by atoms with Crippen LogP contribution >= 0.6 is 22.9 Å². The minimum absolute atomic E-state index is 0.0241. The van der Waals surface area contributed by atoms with Crippen molar-refractivity contribution in [3.8, 4) is 0 Å². The van der Waals surface area contributed by atoms with Gasteiger partial charge in [-0.3, -0.25) is 4.79 Å². The molecule has 138 valence electrons. The molecular weight excluding hydrogens is 395 g/mol. The highest BCUT2D eigenvalue weighted by Gasteiger charge is 2.36. The molecule has 1 aliphatic rings. The Morgan fingerprint density at radius 2 is 2.08 bits per heavy atom. The van der Waals surface area contributed by atoms with Gasteiger partial charge in [-0.1, -0.05) is 23.7 Å². The first-order chi connectivity index (χ1) is 12.2. The summed E-state index contributed by atoms with van der Waals surface area (Å²) in [7, 11) is 0. The normalized spacial score (nSPS) is 18.2. The van der Waals surface area contributed by atoms with Gasteiger partial charge in [-0.2, -0.15) is 13.2 Å². The van der Waals surface area contributed by atoms with Crippen LogP contribution in [0.5, 0.6) is 0 Å². The van der Waals surface area contributed by atoms with Crippen molar-refractivity contribution in [2.75, 3.05) is 6.54 Å². The first kappa shape index (κ1) is 18.5.